The van der Waals surface area contributed by atoms with Gasteiger partial charge in [-0.05, 0) is 70.3 Å². The molecule has 5 heteroatoms. The molecule has 1 atom stereocenters. The van der Waals surface area contributed by atoms with Crippen molar-refractivity contribution in [3.63, 3.8) is 0 Å². The Balaban J connectivity index is 1.31. The van der Waals surface area contributed by atoms with Crippen LogP contribution in [0.1, 0.15) is 55.6 Å². The fourth-order valence-corrected chi connectivity index (χ4v) is 4.95. The molecule has 0 N–H and O–H groups in total. The van der Waals surface area contributed by atoms with Crippen molar-refractivity contribution in [3.05, 3.63) is 59.9 Å². The molecule has 4 rings (SSSR count). The predicted octanol–water partition coefficient (Wildman–Crippen LogP) is 4.43. The van der Waals surface area contributed by atoms with Gasteiger partial charge in [-0.3, -0.25) is 19.6 Å². The van der Waals surface area contributed by atoms with Crippen molar-refractivity contribution in [1.82, 2.24) is 14.8 Å². The topological polar surface area (TPSA) is 45.7 Å². The molecule has 166 valence electrons. The van der Waals surface area contributed by atoms with Gasteiger partial charge < -0.3 is 4.74 Å². The minimum Gasteiger partial charge on any atom is -0.491 e. The molecule has 1 aromatic carbocycles. The summed E-state index contributed by atoms with van der Waals surface area (Å²) in [5.41, 5.74) is 1.93. The summed E-state index contributed by atoms with van der Waals surface area (Å²) in [5, 5.41) is 0. The van der Waals surface area contributed by atoms with Gasteiger partial charge in [0.15, 0.2) is 5.78 Å². The number of likely N-dealkylation sites (tertiary alicyclic amines) is 2. The van der Waals surface area contributed by atoms with Crippen LogP contribution in [0.4, 0.5) is 0 Å². The van der Waals surface area contributed by atoms with E-state index in [1.165, 1.54) is 12.8 Å². The van der Waals surface area contributed by atoms with E-state index in [1.54, 1.807) is 0 Å². The summed E-state index contributed by atoms with van der Waals surface area (Å²) in [5.74, 6) is 1.15. The first-order valence-electron chi connectivity index (χ1n) is 11.8. The van der Waals surface area contributed by atoms with Crippen LogP contribution in [-0.4, -0.2) is 58.9 Å². The van der Waals surface area contributed by atoms with Gasteiger partial charge in [-0.15, -0.1) is 0 Å². The minimum atomic E-state index is 0.0922. The average Bonchev–Trinajstić information content (AvgIpc) is 2.80. The predicted molar refractivity (Wildman–Crippen MR) is 123 cm³/mol. The molecular formula is C26H35N3O2. The molecule has 2 aliphatic heterocycles. The quantitative estimate of drug-likeness (QED) is 0.619. The van der Waals surface area contributed by atoms with Crippen molar-refractivity contribution in [2.45, 2.75) is 58.2 Å². The van der Waals surface area contributed by atoms with Crippen LogP contribution < -0.4 is 4.74 Å². The zero-order valence-electron chi connectivity index (χ0n) is 18.9. The van der Waals surface area contributed by atoms with Crippen molar-refractivity contribution >= 4 is 5.78 Å². The highest BCUT2D eigenvalue weighted by Gasteiger charge is 2.32. The normalized spacial score (nSPS) is 21.3. The first-order chi connectivity index (χ1) is 15.1. The molecule has 2 saturated heterocycles. The number of carbonyl (C=O) groups excluding carboxylic acids is 1. The van der Waals surface area contributed by atoms with Gasteiger partial charge in [-0.25, -0.2) is 0 Å². The number of hydrogen-bond acceptors (Lipinski definition) is 5. The highest BCUT2D eigenvalue weighted by Crippen LogP contribution is 2.27. The average molecular weight is 422 g/mol. The van der Waals surface area contributed by atoms with Gasteiger partial charge in [0, 0.05) is 49.9 Å². The second kappa shape index (κ2) is 10.4. The van der Waals surface area contributed by atoms with Crippen molar-refractivity contribution in [3.8, 4) is 5.75 Å². The van der Waals surface area contributed by atoms with Crippen LogP contribution in [0.25, 0.3) is 0 Å². The maximum absolute atomic E-state index is 13.2. The molecule has 0 aliphatic carbocycles. The van der Waals surface area contributed by atoms with Gasteiger partial charge in [0.25, 0.3) is 0 Å². The Morgan fingerprint density at radius 1 is 1.10 bits per heavy atom. The zero-order chi connectivity index (χ0) is 21.6. The van der Waals surface area contributed by atoms with Crippen LogP contribution in [0.15, 0.2) is 48.7 Å². The third-order valence-electron chi connectivity index (χ3n) is 6.50. The summed E-state index contributed by atoms with van der Waals surface area (Å²) >= 11 is 0. The Bertz CT molecular complexity index is 847. The maximum Gasteiger partial charge on any atom is 0.167 e. The number of pyridine rings is 1. The van der Waals surface area contributed by atoms with E-state index in [1.807, 2.05) is 50.4 Å². The summed E-state index contributed by atoms with van der Waals surface area (Å²) in [7, 11) is 0. The van der Waals surface area contributed by atoms with Crippen LogP contribution >= 0.6 is 0 Å². The van der Waals surface area contributed by atoms with Crippen LogP contribution in [0.2, 0.25) is 0 Å². The monoisotopic (exact) mass is 421 g/mol. The van der Waals surface area contributed by atoms with E-state index in [0.717, 1.165) is 62.6 Å². The molecule has 3 heterocycles. The highest BCUT2D eigenvalue weighted by atomic mass is 16.5. The number of nitrogens with zero attached hydrogens (tertiary/aromatic N) is 3. The smallest absolute Gasteiger partial charge is 0.167 e. The fourth-order valence-electron chi connectivity index (χ4n) is 4.95. The molecule has 31 heavy (non-hydrogen) atoms. The molecule has 5 nitrogen and oxygen atoms in total. The fraction of sp³-hybridized carbons (Fsp3) is 0.538. The number of hydrogen-bond donors (Lipinski definition) is 0. The molecule has 0 radical (unpaired) electrons. The summed E-state index contributed by atoms with van der Waals surface area (Å²) < 4.78 is 5.79. The van der Waals surface area contributed by atoms with Crippen LogP contribution in [-0.2, 0) is 6.54 Å². The van der Waals surface area contributed by atoms with E-state index < -0.39 is 0 Å². The second-order valence-corrected chi connectivity index (χ2v) is 9.22. The van der Waals surface area contributed by atoms with Gasteiger partial charge in [0.2, 0.25) is 0 Å². The largest absolute Gasteiger partial charge is 0.491 e. The Kier molecular flexibility index (Phi) is 7.36. The first-order valence-corrected chi connectivity index (χ1v) is 11.8. The van der Waals surface area contributed by atoms with Crippen molar-refractivity contribution in [1.29, 1.82) is 0 Å². The van der Waals surface area contributed by atoms with Gasteiger partial charge in [-0.2, -0.15) is 0 Å². The molecule has 0 spiro atoms. The van der Waals surface area contributed by atoms with E-state index in [9.17, 15) is 4.79 Å². The van der Waals surface area contributed by atoms with Crippen LogP contribution in [0.3, 0.4) is 0 Å². The zero-order valence-corrected chi connectivity index (χ0v) is 18.9. The molecule has 2 aliphatic rings. The van der Waals surface area contributed by atoms with Gasteiger partial charge in [-0.1, -0.05) is 18.2 Å². The van der Waals surface area contributed by atoms with E-state index in [2.05, 4.69) is 26.9 Å². The second-order valence-electron chi connectivity index (χ2n) is 9.22. The Hall–Kier alpha value is -2.24. The van der Waals surface area contributed by atoms with E-state index in [0.29, 0.717) is 6.04 Å². The lowest BCUT2D eigenvalue weighted by atomic mass is 9.88. The lowest BCUT2D eigenvalue weighted by molar-refractivity contribution is 0.0582. The number of benzene rings is 1. The standard InChI is InChI=1S/C26H35N3O2/c1-20(2)31-25-10-5-7-21(17-25)26(30)22-8-6-14-29(18-22)24-11-15-28(16-12-24)19-23-9-3-4-13-27-23/h3-5,7,9-10,13,17,20,22,24H,6,8,11-12,14-16,18-19H2,1-2H3. The molecule has 1 aromatic heterocycles. The SMILES string of the molecule is CC(C)Oc1cccc(C(=O)C2CCCN(C3CCN(Cc4ccccn4)CC3)C2)c1. The maximum atomic E-state index is 13.2. The minimum absolute atomic E-state index is 0.0922. The lowest BCUT2D eigenvalue weighted by Gasteiger charge is -2.42. The summed E-state index contributed by atoms with van der Waals surface area (Å²) in [6.45, 7) is 9.16. The number of aromatic nitrogens is 1. The molecule has 2 aromatic rings. The molecule has 2 fully saturated rings. The van der Waals surface area contributed by atoms with E-state index in [-0.39, 0.29) is 17.8 Å². The number of ether oxygens (including phenoxy) is 1. The molecule has 0 bridgehead atoms. The summed E-state index contributed by atoms with van der Waals surface area (Å²) in [6.07, 6.45) is 6.42. The number of piperidine rings is 2. The van der Waals surface area contributed by atoms with Gasteiger partial charge >= 0.3 is 0 Å². The van der Waals surface area contributed by atoms with Crippen LogP contribution in [0, 0.1) is 5.92 Å². The van der Waals surface area contributed by atoms with Crippen molar-refractivity contribution < 1.29 is 9.53 Å². The lowest BCUT2D eigenvalue weighted by Crippen LogP contribution is -2.49. The molecule has 0 saturated carbocycles. The first kappa shape index (κ1) is 22.0. The van der Waals surface area contributed by atoms with Gasteiger partial charge in [0.05, 0.1) is 11.8 Å². The Morgan fingerprint density at radius 3 is 2.68 bits per heavy atom. The number of carbonyl (C=O) groups is 1. The van der Waals surface area contributed by atoms with E-state index >= 15 is 0 Å². The Labute approximate surface area is 186 Å². The molecular weight excluding hydrogens is 386 g/mol. The van der Waals surface area contributed by atoms with Crippen LogP contribution in [0.5, 0.6) is 5.75 Å². The third kappa shape index (κ3) is 5.92. The van der Waals surface area contributed by atoms with Crippen molar-refractivity contribution in [2.24, 2.45) is 5.92 Å². The van der Waals surface area contributed by atoms with Gasteiger partial charge in [0.1, 0.15) is 5.75 Å². The summed E-state index contributed by atoms with van der Waals surface area (Å²) in [6, 6.07) is 14.4. The molecule has 1 unspecified atom stereocenters. The highest BCUT2D eigenvalue weighted by molar-refractivity contribution is 5.98. The van der Waals surface area contributed by atoms with E-state index in [4.69, 9.17) is 4.74 Å². The van der Waals surface area contributed by atoms with Crippen molar-refractivity contribution in [2.75, 3.05) is 26.2 Å². The number of rotatable bonds is 7. The third-order valence-corrected chi connectivity index (χ3v) is 6.50. The number of Topliss-reactive ketones (excluding diaryl/α,β-unsaturated/α-hetero) is 1. The number of ketones is 1. The Morgan fingerprint density at radius 2 is 1.94 bits per heavy atom. The molecule has 0 amide bonds. The summed E-state index contributed by atoms with van der Waals surface area (Å²) in [4.78, 5) is 22.8.